The van der Waals surface area contributed by atoms with E-state index in [2.05, 4.69) is 37.3 Å². The van der Waals surface area contributed by atoms with Crippen molar-refractivity contribution in [3.63, 3.8) is 0 Å². The van der Waals surface area contributed by atoms with E-state index >= 15 is 0 Å². The minimum Gasteiger partial charge on any atom is -0.379 e. The van der Waals surface area contributed by atoms with Crippen molar-refractivity contribution in [3.8, 4) is 11.8 Å². The van der Waals surface area contributed by atoms with Gasteiger partial charge >= 0.3 is 0 Å². The Labute approximate surface area is 186 Å². The van der Waals surface area contributed by atoms with Crippen molar-refractivity contribution in [2.45, 2.75) is 65.2 Å². The molecule has 0 aromatic rings. The first-order valence-electron chi connectivity index (χ1n) is 10.7. The first-order valence-corrected chi connectivity index (χ1v) is 13.3. The number of hydrogen-bond donors (Lipinski definition) is 1. The Hall–Kier alpha value is -0.390. The lowest BCUT2D eigenvalue weighted by Crippen LogP contribution is -2.25. The quantitative estimate of drug-likeness (QED) is 0.142. The fourth-order valence-electron chi connectivity index (χ4n) is 2.34. The number of carbonyl (C=O) groups is 1. The molecular formula is C22H41NO4S2. The van der Waals surface area contributed by atoms with Crippen molar-refractivity contribution in [2.75, 3.05) is 45.8 Å². The number of unbranched alkanes of at least 4 members (excludes halogenated alkanes) is 1. The number of ether oxygens (including phenoxy) is 3. The molecule has 0 unspecified atom stereocenters. The van der Waals surface area contributed by atoms with Crippen molar-refractivity contribution in [3.05, 3.63) is 0 Å². The topological polar surface area (TPSA) is 56.8 Å². The maximum Gasteiger partial charge on any atom is 0.223 e. The molecule has 0 aromatic carbocycles. The second-order valence-electron chi connectivity index (χ2n) is 7.47. The SMILES string of the molecule is CSS[C@H](CCCCC(C)C)OCCOCCOCCC(=O)NCC#CC(C)C. The van der Waals surface area contributed by atoms with E-state index < -0.39 is 0 Å². The molecule has 0 radical (unpaired) electrons. The first kappa shape index (κ1) is 28.6. The second kappa shape index (κ2) is 20.9. The van der Waals surface area contributed by atoms with Crippen molar-refractivity contribution in [2.24, 2.45) is 11.8 Å². The Bertz CT molecular complexity index is 450. The largest absolute Gasteiger partial charge is 0.379 e. The van der Waals surface area contributed by atoms with Gasteiger partial charge in [0.25, 0.3) is 0 Å². The summed E-state index contributed by atoms with van der Waals surface area (Å²) in [6.45, 7) is 11.5. The molecule has 0 rings (SSSR count). The van der Waals surface area contributed by atoms with Crippen LogP contribution in [0, 0.1) is 23.7 Å². The van der Waals surface area contributed by atoms with Gasteiger partial charge in [-0.2, -0.15) is 0 Å². The predicted molar refractivity (Wildman–Crippen MR) is 126 cm³/mol. The third-order valence-electron chi connectivity index (χ3n) is 3.82. The average molecular weight is 448 g/mol. The van der Waals surface area contributed by atoms with E-state index in [-0.39, 0.29) is 11.3 Å². The molecule has 0 heterocycles. The molecule has 0 aliphatic carbocycles. The van der Waals surface area contributed by atoms with Crippen LogP contribution in [0.2, 0.25) is 0 Å². The van der Waals surface area contributed by atoms with Gasteiger partial charge in [0.05, 0.1) is 39.6 Å². The van der Waals surface area contributed by atoms with E-state index in [0.29, 0.717) is 51.9 Å². The van der Waals surface area contributed by atoms with Gasteiger partial charge in [-0.1, -0.05) is 74.0 Å². The maximum atomic E-state index is 11.6. The Morgan fingerprint density at radius 2 is 1.62 bits per heavy atom. The van der Waals surface area contributed by atoms with Crippen molar-refractivity contribution >= 4 is 27.5 Å². The number of amides is 1. The highest BCUT2D eigenvalue weighted by Crippen LogP contribution is 2.28. The average Bonchev–Trinajstić information content (AvgIpc) is 2.66. The van der Waals surface area contributed by atoms with E-state index in [1.807, 2.05) is 13.8 Å². The van der Waals surface area contributed by atoms with Crippen LogP contribution in [-0.2, 0) is 19.0 Å². The first-order chi connectivity index (χ1) is 14.0. The molecule has 0 saturated carbocycles. The minimum absolute atomic E-state index is 0.0388. The molecule has 5 nitrogen and oxygen atoms in total. The lowest BCUT2D eigenvalue weighted by atomic mass is 10.1. The second-order valence-corrected chi connectivity index (χ2v) is 10.1. The number of hydrogen-bond acceptors (Lipinski definition) is 6. The van der Waals surface area contributed by atoms with Gasteiger partial charge in [0.2, 0.25) is 5.91 Å². The third-order valence-corrected chi connectivity index (χ3v) is 5.82. The van der Waals surface area contributed by atoms with Gasteiger partial charge in [-0.25, -0.2) is 0 Å². The summed E-state index contributed by atoms with van der Waals surface area (Å²) in [5.41, 5.74) is 0.237. The van der Waals surface area contributed by atoms with E-state index in [1.165, 1.54) is 19.3 Å². The Morgan fingerprint density at radius 1 is 0.966 bits per heavy atom. The maximum absolute atomic E-state index is 11.6. The van der Waals surface area contributed by atoms with Crippen molar-refractivity contribution < 1.29 is 19.0 Å². The van der Waals surface area contributed by atoms with Gasteiger partial charge < -0.3 is 19.5 Å². The molecule has 1 atom stereocenters. The number of rotatable bonds is 18. The van der Waals surface area contributed by atoms with Crippen LogP contribution in [0.25, 0.3) is 0 Å². The zero-order valence-electron chi connectivity index (χ0n) is 19.0. The molecule has 7 heteroatoms. The normalized spacial score (nSPS) is 12.1. The molecule has 0 spiro atoms. The highest BCUT2D eigenvalue weighted by Gasteiger charge is 2.09. The van der Waals surface area contributed by atoms with Gasteiger partial charge in [0.1, 0.15) is 5.44 Å². The van der Waals surface area contributed by atoms with Crippen LogP contribution in [0.15, 0.2) is 0 Å². The Kier molecular flexibility index (Phi) is 20.6. The summed E-state index contributed by atoms with van der Waals surface area (Å²) in [6.07, 6.45) is 7.28. The smallest absolute Gasteiger partial charge is 0.223 e. The molecule has 0 aromatic heterocycles. The van der Waals surface area contributed by atoms with Crippen LogP contribution in [0.5, 0.6) is 0 Å². The zero-order valence-corrected chi connectivity index (χ0v) is 20.6. The van der Waals surface area contributed by atoms with Crippen LogP contribution < -0.4 is 5.32 Å². The molecule has 29 heavy (non-hydrogen) atoms. The van der Waals surface area contributed by atoms with Gasteiger partial charge in [0.15, 0.2) is 0 Å². The molecule has 1 N–H and O–H groups in total. The molecule has 0 saturated heterocycles. The molecular weight excluding hydrogens is 406 g/mol. The van der Waals surface area contributed by atoms with Gasteiger partial charge in [-0.3, -0.25) is 4.79 Å². The fraction of sp³-hybridized carbons (Fsp3) is 0.864. The number of nitrogens with one attached hydrogen (secondary N) is 1. The van der Waals surface area contributed by atoms with Crippen LogP contribution in [0.3, 0.4) is 0 Å². The molecule has 0 aliphatic heterocycles. The molecule has 0 fully saturated rings. The van der Waals surface area contributed by atoms with Crippen molar-refractivity contribution in [1.29, 1.82) is 0 Å². The highest BCUT2D eigenvalue weighted by molar-refractivity contribution is 8.76. The summed E-state index contributed by atoms with van der Waals surface area (Å²) in [4.78, 5) is 11.6. The van der Waals surface area contributed by atoms with Gasteiger partial charge in [-0.15, -0.1) is 0 Å². The molecule has 170 valence electrons. The summed E-state index contributed by atoms with van der Waals surface area (Å²) in [5.74, 6) is 6.99. The highest BCUT2D eigenvalue weighted by atomic mass is 33.1. The number of carbonyl (C=O) groups excluding carboxylic acids is 1. The standard InChI is InChI=1S/C22H41NO4S2/c1-19(2)9-6-7-11-22(29-28-5)27-18-17-26-16-15-25-14-12-21(24)23-13-8-10-20(3)4/h19-20,22H,6-7,9,11-18H2,1-5H3,(H,23,24)/t22-/m1/s1. The summed E-state index contributed by atoms with van der Waals surface area (Å²) in [6, 6.07) is 0. The fourth-order valence-corrected chi connectivity index (χ4v) is 4.07. The van der Waals surface area contributed by atoms with E-state index in [4.69, 9.17) is 14.2 Å². The monoisotopic (exact) mass is 447 g/mol. The lowest BCUT2D eigenvalue weighted by molar-refractivity contribution is -0.122. The summed E-state index contributed by atoms with van der Waals surface area (Å²) in [7, 11) is 3.54. The Balaban J connectivity index is 3.53. The Morgan fingerprint density at radius 3 is 2.28 bits per heavy atom. The lowest BCUT2D eigenvalue weighted by Gasteiger charge is -2.16. The third kappa shape index (κ3) is 22.1. The van der Waals surface area contributed by atoms with E-state index in [1.54, 1.807) is 21.6 Å². The van der Waals surface area contributed by atoms with Crippen molar-refractivity contribution in [1.82, 2.24) is 5.32 Å². The summed E-state index contributed by atoms with van der Waals surface area (Å²) < 4.78 is 16.9. The summed E-state index contributed by atoms with van der Waals surface area (Å²) >= 11 is 0. The van der Waals surface area contributed by atoms with Gasteiger partial charge in [-0.05, 0) is 25.0 Å². The van der Waals surface area contributed by atoms with Crippen LogP contribution in [-0.4, -0.2) is 57.2 Å². The van der Waals surface area contributed by atoms with Crippen LogP contribution >= 0.6 is 21.6 Å². The molecule has 0 aliphatic rings. The zero-order chi connectivity index (χ0) is 21.7. The minimum atomic E-state index is -0.0388. The molecule has 0 bridgehead atoms. The van der Waals surface area contributed by atoms with E-state index in [0.717, 1.165) is 12.3 Å². The predicted octanol–water partition coefficient (Wildman–Crippen LogP) is 4.76. The molecule has 1 amide bonds. The van der Waals surface area contributed by atoms with Crippen LogP contribution in [0.1, 0.15) is 59.8 Å². The summed E-state index contributed by atoms with van der Waals surface area (Å²) in [5, 5.41) is 2.76. The van der Waals surface area contributed by atoms with Gasteiger partial charge in [0, 0.05) is 12.3 Å². The van der Waals surface area contributed by atoms with Crippen LogP contribution in [0.4, 0.5) is 0 Å². The van der Waals surface area contributed by atoms with E-state index in [9.17, 15) is 4.79 Å².